The highest BCUT2D eigenvalue weighted by atomic mass is 16.5. The Balaban J connectivity index is 1.53. The van der Waals surface area contributed by atoms with Crippen molar-refractivity contribution in [2.45, 2.75) is 57.1 Å². The molecule has 2 N–H and O–H groups in total. The molecule has 1 saturated heterocycles. The summed E-state index contributed by atoms with van der Waals surface area (Å²) in [6.45, 7) is 1.42. The number of hydrogen-bond acceptors (Lipinski definition) is 4. The minimum atomic E-state index is -0.662. The summed E-state index contributed by atoms with van der Waals surface area (Å²) in [5.41, 5.74) is 0.993. The third kappa shape index (κ3) is 4.63. The van der Waals surface area contributed by atoms with Gasteiger partial charge in [-0.2, -0.15) is 0 Å². The summed E-state index contributed by atoms with van der Waals surface area (Å²) in [6.07, 6.45) is 6.87. The Labute approximate surface area is 143 Å². The Morgan fingerprint density at radius 1 is 1.17 bits per heavy atom. The second-order valence-electron chi connectivity index (χ2n) is 6.83. The molecular formula is C19H27NO4. The molecule has 2 fully saturated rings. The maximum atomic E-state index is 11.1. The average molecular weight is 333 g/mol. The zero-order valence-corrected chi connectivity index (χ0v) is 14.1. The maximum Gasteiger partial charge on any atom is 0.306 e. The lowest BCUT2D eigenvalue weighted by Gasteiger charge is -2.28. The van der Waals surface area contributed by atoms with E-state index in [1.165, 1.54) is 6.42 Å². The summed E-state index contributed by atoms with van der Waals surface area (Å²) in [5, 5.41) is 12.6. The van der Waals surface area contributed by atoms with Crippen LogP contribution in [-0.2, 0) is 9.53 Å². The normalized spacial score (nSPS) is 27.4. The van der Waals surface area contributed by atoms with Gasteiger partial charge in [-0.1, -0.05) is 12.1 Å². The van der Waals surface area contributed by atoms with Gasteiger partial charge < -0.3 is 19.9 Å². The molecule has 1 aromatic carbocycles. The highest BCUT2D eigenvalue weighted by Crippen LogP contribution is 2.31. The Morgan fingerprint density at radius 3 is 2.67 bits per heavy atom. The molecule has 1 aliphatic carbocycles. The van der Waals surface area contributed by atoms with Crippen LogP contribution in [0.25, 0.3) is 0 Å². The van der Waals surface area contributed by atoms with E-state index in [4.69, 9.17) is 14.6 Å². The first-order valence-electron chi connectivity index (χ1n) is 9.05. The molecule has 2 aliphatic rings. The van der Waals surface area contributed by atoms with Gasteiger partial charge >= 0.3 is 5.97 Å². The predicted octanol–water partition coefficient (Wildman–Crippen LogP) is 3.69. The topological polar surface area (TPSA) is 67.8 Å². The molecule has 5 heteroatoms. The number of carboxylic acid groups (broad SMARTS) is 1. The van der Waals surface area contributed by atoms with Crippen molar-refractivity contribution in [1.82, 2.24) is 0 Å². The SMILES string of the molecule is O=C(O)C1CCC(Nc2ccccc2OCC2CCCCO2)CC1. The number of nitrogens with one attached hydrogen (secondary N) is 1. The first-order valence-corrected chi connectivity index (χ1v) is 9.05. The van der Waals surface area contributed by atoms with Crippen LogP contribution < -0.4 is 10.1 Å². The maximum absolute atomic E-state index is 11.1. The third-order valence-corrected chi connectivity index (χ3v) is 5.02. The molecule has 1 aliphatic heterocycles. The number of rotatable bonds is 6. The molecule has 0 radical (unpaired) electrons. The molecule has 132 valence electrons. The highest BCUT2D eigenvalue weighted by Gasteiger charge is 2.26. The average Bonchev–Trinajstić information content (AvgIpc) is 2.62. The molecule has 0 bridgehead atoms. The molecule has 0 aromatic heterocycles. The number of hydrogen-bond donors (Lipinski definition) is 2. The van der Waals surface area contributed by atoms with E-state index >= 15 is 0 Å². The van der Waals surface area contributed by atoms with Crippen molar-refractivity contribution < 1.29 is 19.4 Å². The molecule has 1 unspecified atom stereocenters. The zero-order chi connectivity index (χ0) is 16.8. The van der Waals surface area contributed by atoms with Crippen molar-refractivity contribution in [3.8, 4) is 5.75 Å². The van der Waals surface area contributed by atoms with Crippen LogP contribution in [0.5, 0.6) is 5.75 Å². The number of ether oxygens (including phenoxy) is 2. The van der Waals surface area contributed by atoms with Crippen molar-refractivity contribution in [2.75, 3.05) is 18.5 Å². The van der Waals surface area contributed by atoms with Crippen LogP contribution in [0.3, 0.4) is 0 Å². The minimum Gasteiger partial charge on any atom is -0.489 e. The van der Waals surface area contributed by atoms with Gasteiger partial charge in [0.25, 0.3) is 0 Å². The van der Waals surface area contributed by atoms with Gasteiger partial charge in [0.15, 0.2) is 0 Å². The van der Waals surface area contributed by atoms with Crippen molar-refractivity contribution in [3.05, 3.63) is 24.3 Å². The summed E-state index contributed by atoms with van der Waals surface area (Å²) in [4.78, 5) is 11.1. The van der Waals surface area contributed by atoms with E-state index in [2.05, 4.69) is 5.32 Å². The van der Waals surface area contributed by atoms with Gasteiger partial charge in [-0.3, -0.25) is 4.79 Å². The van der Waals surface area contributed by atoms with Crippen LogP contribution >= 0.6 is 0 Å². The molecule has 1 aromatic rings. The number of aliphatic carboxylic acids is 1. The number of anilines is 1. The summed E-state index contributed by atoms with van der Waals surface area (Å²) in [6, 6.07) is 8.30. The van der Waals surface area contributed by atoms with E-state index in [1.54, 1.807) is 0 Å². The number of benzene rings is 1. The van der Waals surface area contributed by atoms with Gasteiger partial charge in [0.1, 0.15) is 12.4 Å². The number of para-hydroxylation sites is 2. The molecule has 1 atom stereocenters. The largest absolute Gasteiger partial charge is 0.489 e. The third-order valence-electron chi connectivity index (χ3n) is 5.02. The lowest BCUT2D eigenvalue weighted by atomic mass is 9.86. The fourth-order valence-electron chi connectivity index (χ4n) is 3.54. The minimum absolute atomic E-state index is 0.182. The fourth-order valence-corrected chi connectivity index (χ4v) is 3.54. The van der Waals surface area contributed by atoms with E-state index in [9.17, 15) is 4.79 Å². The second-order valence-corrected chi connectivity index (χ2v) is 6.83. The molecule has 5 nitrogen and oxygen atoms in total. The standard InChI is InChI=1S/C19H27NO4/c21-19(22)14-8-10-15(11-9-14)20-17-6-1-2-7-18(17)24-13-16-5-3-4-12-23-16/h1-2,6-7,14-16,20H,3-5,8-13H2,(H,21,22). The van der Waals surface area contributed by atoms with Crippen LogP contribution in [0.15, 0.2) is 24.3 Å². The Kier molecular flexibility index (Phi) is 5.96. The molecule has 24 heavy (non-hydrogen) atoms. The van der Waals surface area contributed by atoms with Crippen molar-refractivity contribution >= 4 is 11.7 Å². The van der Waals surface area contributed by atoms with Gasteiger partial charge in [0.05, 0.1) is 17.7 Å². The lowest BCUT2D eigenvalue weighted by molar-refractivity contribution is -0.142. The van der Waals surface area contributed by atoms with Crippen LogP contribution in [0.4, 0.5) is 5.69 Å². The Bertz CT molecular complexity index is 534. The van der Waals surface area contributed by atoms with Crippen molar-refractivity contribution in [2.24, 2.45) is 5.92 Å². The monoisotopic (exact) mass is 333 g/mol. The van der Waals surface area contributed by atoms with Gasteiger partial charge in [-0.25, -0.2) is 0 Å². The van der Waals surface area contributed by atoms with E-state index in [0.29, 0.717) is 12.6 Å². The molecule has 3 rings (SSSR count). The van der Waals surface area contributed by atoms with E-state index in [-0.39, 0.29) is 12.0 Å². The zero-order valence-electron chi connectivity index (χ0n) is 14.1. The Hall–Kier alpha value is -1.75. The quantitative estimate of drug-likeness (QED) is 0.831. The van der Waals surface area contributed by atoms with Crippen LogP contribution in [0.1, 0.15) is 44.9 Å². The van der Waals surface area contributed by atoms with E-state index in [1.807, 2.05) is 24.3 Å². The molecular weight excluding hydrogens is 306 g/mol. The molecule has 1 saturated carbocycles. The first kappa shape index (κ1) is 17.1. The number of carbonyl (C=O) groups is 1. The van der Waals surface area contributed by atoms with Gasteiger partial charge in [0.2, 0.25) is 0 Å². The van der Waals surface area contributed by atoms with Gasteiger partial charge in [0, 0.05) is 12.6 Å². The smallest absolute Gasteiger partial charge is 0.306 e. The second kappa shape index (κ2) is 8.38. The summed E-state index contributed by atoms with van der Waals surface area (Å²) < 4.78 is 11.7. The fraction of sp³-hybridized carbons (Fsp3) is 0.632. The summed E-state index contributed by atoms with van der Waals surface area (Å²) in [5.74, 6) is 0.00897. The van der Waals surface area contributed by atoms with Crippen LogP contribution in [-0.4, -0.2) is 36.4 Å². The first-order chi connectivity index (χ1) is 11.7. The van der Waals surface area contributed by atoms with E-state index in [0.717, 1.165) is 56.6 Å². The van der Waals surface area contributed by atoms with Gasteiger partial charge in [-0.05, 0) is 57.1 Å². The summed E-state index contributed by atoms with van der Waals surface area (Å²) in [7, 11) is 0. The lowest BCUT2D eigenvalue weighted by Crippen LogP contribution is -2.29. The summed E-state index contributed by atoms with van der Waals surface area (Å²) >= 11 is 0. The van der Waals surface area contributed by atoms with E-state index < -0.39 is 5.97 Å². The van der Waals surface area contributed by atoms with Crippen LogP contribution in [0, 0.1) is 5.92 Å². The number of carboxylic acids is 1. The highest BCUT2D eigenvalue weighted by molar-refractivity contribution is 5.70. The van der Waals surface area contributed by atoms with Crippen molar-refractivity contribution in [3.63, 3.8) is 0 Å². The molecule has 0 spiro atoms. The van der Waals surface area contributed by atoms with Crippen molar-refractivity contribution in [1.29, 1.82) is 0 Å². The molecule has 1 heterocycles. The molecule has 0 amide bonds. The Morgan fingerprint density at radius 2 is 1.96 bits per heavy atom. The van der Waals surface area contributed by atoms with Gasteiger partial charge in [-0.15, -0.1) is 0 Å². The predicted molar refractivity (Wildman–Crippen MR) is 92.5 cm³/mol. The van der Waals surface area contributed by atoms with Crippen LogP contribution in [0.2, 0.25) is 0 Å².